The van der Waals surface area contributed by atoms with Crippen molar-refractivity contribution in [2.24, 2.45) is 0 Å². The SMILES string of the molecule is Nc1nccn2c(C3CC(O)(CN4CCC4)C3)nc(-c3ccc4ccc(-c5ccccc5)nc4c3)c12. The predicted molar refractivity (Wildman–Crippen MR) is 142 cm³/mol. The zero-order valence-corrected chi connectivity index (χ0v) is 20.0. The zero-order valence-electron chi connectivity index (χ0n) is 20.0. The van der Waals surface area contributed by atoms with E-state index in [0.717, 1.165) is 64.4 Å². The van der Waals surface area contributed by atoms with Gasteiger partial charge in [-0.3, -0.25) is 4.40 Å². The van der Waals surface area contributed by atoms with Crippen LogP contribution in [0.1, 0.15) is 31.0 Å². The first kappa shape index (κ1) is 21.5. The third-order valence-electron chi connectivity index (χ3n) is 7.73. The number of benzene rings is 2. The quantitative estimate of drug-likeness (QED) is 0.388. The molecule has 0 atom stereocenters. The Hall–Kier alpha value is -3.81. The molecule has 1 aliphatic heterocycles. The number of hydrogen-bond donors (Lipinski definition) is 2. The highest BCUT2D eigenvalue weighted by atomic mass is 16.3. The van der Waals surface area contributed by atoms with Gasteiger partial charge in [-0.15, -0.1) is 0 Å². The first-order valence-electron chi connectivity index (χ1n) is 12.6. The van der Waals surface area contributed by atoms with Gasteiger partial charge in [-0.25, -0.2) is 15.0 Å². The van der Waals surface area contributed by atoms with E-state index in [0.29, 0.717) is 18.7 Å². The summed E-state index contributed by atoms with van der Waals surface area (Å²) in [4.78, 5) is 16.7. The molecule has 7 nitrogen and oxygen atoms in total. The molecule has 0 radical (unpaired) electrons. The van der Waals surface area contributed by atoms with Crippen molar-refractivity contribution >= 4 is 22.2 Å². The molecule has 5 aromatic rings. The van der Waals surface area contributed by atoms with Gasteiger partial charge in [-0.1, -0.05) is 48.5 Å². The number of likely N-dealkylation sites (tertiary alicyclic amines) is 1. The van der Waals surface area contributed by atoms with Gasteiger partial charge in [0.15, 0.2) is 0 Å². The Morgan fingerprint density at radius 2 is 1.78 bits per heavy atom. The predicted octanol–water partition coefficient (Wildman–Crippen LogP) is 4.51. The van der Waals surface area contributed by atoms with Gasteiger partial charge in [-0.2, -0.15) is 0 Å². The van der Waals surface area contributed by atoms with Crippen LogP contribution in [-0.2, 0) is 0 Å². The second-order valence-corrected chi connectivity index (χ2v) is 10.3. The fraction of sp³-hybridized carbons (Fsp3) is 0.276. The number of nitrogens with zero attached hydrogens (tertiary/aromatic N) is 5. The van der Waals surface area contributed by atoms with Crippen LogP contribution in [0.5, 0.6) is 0 Å². The highest BCUT2D eigenvalue weighted by Gasteiger charge is 2.46. The van der Waals surface area contributed by atoms with E-state index in [2.05, 4.69) is 56.7 Å². The van der Waals surface area contributed by atoms with Gasteiger partial charge >= 0.3 is 0 Å². The number of rotatable bonds is 5. The van der Waals surface area contributed by atoms with Gasteiger partial charge in [0, 0.05) is 41.4 Å². The number of aliphatic hydroxyl groups is 1. The number of β-amino-alcohol motifs (C(OH)–C–C–N with tert-alkyl or cyclic N) is 1. The van der Waals surface area contributed by atoms with Crippen LogP contribution in [0.25, 0.3) is 38.9 Å². The standard InChI is InChI=1S/C29H28N6O/c30-27-26-25(21-8-7-20-9-10-23(32-24(20)15-21)19-5-2-1-3-6-19)33-28(35(26)14-11-31-27)22-16-29(36,17-22)18-34-12-4-13-34/h1-3,5-11,14-15,22,36H,4,12-13,16-18H2,(H2,30,31). The van der Waals surface area contributed by atoms with Crippen molar-refractivity contribution in [1.29, 1.82) is 0 Å². The molecule has 4 heterocycles. The minimum Gasteiger partial charge on any atom is -0.389 e. The smallest absolute Gasteiger partial charge is 0.150 e. The number of anilines is 1. The van der Waals surface area contributed by atoms with Crippen LogP contribution < -0.4 is 5.73 Å². The third-order valence-corrected chi connectivity index (χ3v) is 7.73. The van der Waals surface area contributed by atoms with E-state index >= 15 is 0 Å². The first-order valence-corrected chi connectivity index (χ1v) is 12.6. The molecule has 1 aliphatic carbocycles. The van der Waals surface area contributed by atoms with E-state index in [4.69, 9.17) is 15.7 Å². The lowest BCUT2D eigenvalue weighted by atomic mass is 9.70. The van der Waals surface area contributed by atoms with E-state index in [1.165, 1.54) is 6.42 Å². The Morgan fingerprint density at radius 1 is 0.972 bits per heavy atom. The number of nitrogen functional groups attached to an aromatic ring is 1. The summed E-state index contributed by atoms with van der Waals surface area (Å²) in [6, 6.07) is 20.6. The Balaban J connectivity index is 1.28. The summed E-state index contributed by atoms with van der Waals surface area (Å²) in [6.07, 6.45) is 6.30. The molecule has 1 saturated heterocycles. The van der Waals surface area contributed by atoms with Crippen molar-refractivity contribution in [2.75, 3.05) is 25.4 Å². The fourth-order valence-electron chi connectivity index (χ4n) is 5.74. The topological polar surface area (TPSA) is 92.6 Å². The number of hydrogen-bond acceptors (Lipinski definition) is 6. The van der Waals surface area contributed by atoms with Gasteiger partial charge < -0.3 is 15.7 Å². The average molecular weight is 477 g/mol. The van der Waals surface area contributed by atoms with Crippen molar-refractivity contribution in [2.45, 2.75) is 30.8 Å². The van der Waals surface area contributed by atoms with Crippen LogP contribution in [0.4, 0.5) is 5.82 Å². The Kier molecular flexibility index (Phi) is 4.84. The van der Waals surface area contributed by atoms with E-state index < -0.39 is 5.60 Å². The van der Waals surface area contributed by atoms with Crippen LogP contribution in [0.3, 0.4) is 0 Å². The van der Waals surface area contributed by atoms with Crippen molar-refractivity contribution in [3.63, 3.8) is 0 Å². The molecule has 0 spiro atoms. The van der Waals surface area contributed by atoms with Gasteiger partial charge in [0.25, 0.3) is 0 Å². The summed E-state index contributed by atoms with van der Waals surface area (Å²) in [5.41, 5.74) is 11.3. The minimum absolute atomic E-state index is 0.183. The summed E-state index contributed by atoms with van der Waals surface area (Å²) in [7, 11) is 0. The molecule has 7 heteroatoms. The molecule has 36 heavy (non-hydrogen) atoms. The molecule has 0 unspecified atom stereocenters. The maximum Gasteiger partial charge on any atom is 0.150 e. The van der Waals surface area contributed by atoms with Crippen LogP contribution in [0, 0.1) is 0 Å². The van der Waals surface area contributed by atoms with Crippen LogP contribution in [-0.4, -0.2) is 54.6 Å². The summed E-state index contributed by atoms with van der Waals surface area (Å²) in [5, 5.41) is 12.1. The Labute approximate surface area is 209 Å². The number of aromatic nitrogens is 4. The highest BCUT2D eigenvalue weighted by Crippen LogP contribution is 2.46. The van der Waals surface area contributed by atoms with Crippen molar-refractivity contribution in [3.05, 3.63) is 78.9 Å². The van der Waals surface area contributed by atoms with Crippen molar-refractivity contribution in [1.82, 2.24) is 24.3 Å². The fourth-order valence-corrected chi connectivity index (χ4v) is 5.74. The normalized spacial score (nSPS) is 22.0. The second-order valence-electron chi connectivity index (χ2n) is 10.3. The van der Waals surface area contributed by atoms with Crippen LogP contribution >= 0.6 is 0 Å². The number of fused-ring (bicyclic) bond motifs is 2. The third kappa shape index (κ3) is 3.54. The first-order chi connectivity index (χ1) is 17.6. The average Bonchev–Trinajstić information content (AvgIpc) is 3.25. The lowest BCUT2D eigenvalue weighted by Crippen LogP contribution is -2.54. The molecule has 1 saturated carbocycles. The lowest BCUT2D eigenvalue weighted by molar-refractivity contribution is -0.0835. The monoisotopic (exact) mass is 476 g/mol. The summed E-state index contributed by atoms with van der Waals surface area (Å²) in [6.45, 7) is 2.94. The molecule has 7 rings (SSSR count). The second kappa shape index (κ2) is 8.11. The maximum atomic E-state index is 11.0. The van der Waals surface area contributed by atoms with Gasteiger partial charge in [0.2, 0.25) is 0 Å². The minimum atomic E-state index is -0.629. The molecule has 2 aromatic carbocycles. The van der Waals surface area contributed by atoms with Crippen molar-refractivity contribution < 1.29 is 5.11 Å². The molecule has 2 aliphatic rings. The molecule has 0 amide bonds. The number of nitrogens with two attached hydrogens (primary N) is 1. The molecular weight excluding hydrogens is 448 g/mol. The largest absolute Gasteiger partial charge is 0.389 e. The summed E-state index contributed by atoms with van der Waals surface area (Å²) < 4.78 is 2.06. The number of imidazole rings is 1. The van der Waals surface area contributed by atoms with E-state index in [9.17, 15) is 5.11 Å². The van der Waals surface area contributed by atoms with Crippen LogP contribution in [0.15, 0.2) is 73.1 Å². The molecule has 0 bridgehead atoms. The lowest BCUT2D eigenvalue weighted by Gasteiger charge is -2.47. The summed E-state index contributed by atoms with van der Waals surface area (Å²) >= 11 is 0. The van der Waals surface area contributed by atoms with E-state index in [-0.39, 0.29) is 5.92 Å². The van der Waals surface area contributed by atoms with E-state index in [1.807, 2.05) is 24.4 Å². The Morgan fingerprint density at radius 3 is 2.56 bits per heavy atom. The molecular formula is C29H28N6O. The van der Waals surface area contributed by atoms with Gasteiger partial charge in [0.1, 0.15) is 22.9 Å². The molecule has 2 fully saturated rings. The molecule has 180 valence electrons. The van der Waals surface area contributed by atoms with Gasteiger partial charge in [0.05, 0.1) is 16.8 Å². The number of pyridine rings is 1. The molecule has 3 aromatic heterocycles. The van der Waals surface area contributed by atoms with E-state index in [1.54, 1.807) is 6.20 Å². The van der Waals surface area contributed by atoms with Crippen molar-refractivity contribution in [3.8, 4) is 22.5 Å². The Bertz CT molecular complexity index is 1580. The maximum absolute atomic E-state index is 11.0. The van der Waals surface area contributed by atoms with Gasteiger partial charge in [-0.05, 0) is 44.5 Å². The highest BCUT2D eigenvalue weighted by molar-refractivity contribution is 5.91. The summed E-state index contributed by atoms with van der Waals surface area (Å²) in [5.74, 6) is 1.57. The molecule has 3 N–H and O–H groups in total. The van der Waals surface area contributed by atoms with Crippen LogP contribution in [0.2, 0.25) is 0 Å². The zero-order chi connectivity index (χ0) is 24.3.